The van der Waals surface area contributed by atoms with Crippen molar-refractivity contribution in [3.05, 3.63) is 59.4 Å². The van der Waals surface area contributed by atoms with Gasteiger partial charge in [-0.05, 0) is 80.8 Å². The Labute approximate surface area is 187 Å². The maximum absolute atomic E-state index is 14.6. The number of hydrogen-bond donors (Lipinski definition) is 2. The van der Waals surface area contributed by atoms with E-state index in [0.717, 1.165) is 72.5 Å². The molecule has 0 unspecified atom stereocenters. The van der Waals surface area contributed by atoms with Crippen molar-refractivity contribution in [2.75, 3.05) is 25.5 Å². The molecule has 170 valence electrons. The lowest BCUT2D eigenvalue weighted by Gasteiger charge is -2.17. The first-order valence-electron chi connectivity index (χ1n) is 11.7. The number of hydrogen-bond acceptors (Lipinski definition) is 4. The minimum absolute atomic E-state index is 0.151. The second-order valence-corrected chi connectivity index (χ2v) is 8.45. The van der Waals surface area contributed by atoms with E-state index in [4.69, 9.17) is 0 Å². The van der Waals surface area contributed by atoms with Gasteiger partial charge in [0.15, 0.2) is 0 Å². The fourth-order valence-corrected chi connectivity index (χ4v) is 3.59. The zero-order valence-corrected chi connectivity index (χ0v) is 19.9. The average Bonchev–Trinajstić information content (AvgIpc) is 3.52. The molecular formula is C26H39FN4. The topological polar surface area (TPSA) is 49.8 Å². The van der Waals surface area contributed by atoms with Crippen LogP contribution in [0.4, 0.5) is 10.1 Å². The van der Waals surface area contributed by atoms with E-state index >= 15 is 0 Å². The van der Waals surface area contributed by atoms with Crippen molar-refractivity contribution in [3.63, 3.8) is 0 Å². The molecule has 1 fully saturated rings. The summed E-state index contributed by atoms with van der Waals surface area (Å²) in [6.07, 6.45) is 7.77. The number of benzene rings is 1. The first-order chi connectivity index (χ1) is 15.0. The number of halogens is 1. The molecule has 3 rings (SSSR count). The third-order valence-electron chi connectivity index (χ3n) is 5.75. The summed E-state index contributed by atoms with van der Waals surface area (Å²) >= 11 is 0. The molecule has 0 amide bonds. The molecule has 0 radical (unpaired) electrons. The van der Waals surface area contributed by atoms with Gasteiger partial charge < -0.3 is 10.6 Å². The Kier molecular flexibility index (Phi) is 9.63. The molecule has 1 aliphatic rings. The van der Waals surface area contributed by atoms with E-state index in [9.17, 15) is 4.39 Å². The third-order valence-corrected chi connectivity index (χ3v) is 5.75. The highest BCUT2D eigenvalue weighted by molar-refractivity contribution is 5.84. The van der Waals surface area contributed by atoms with Gasteiger partial charge in [-0.3, -0.25) is 0 Å². The van der Waals surface area contributed by atoms with Crippen LogP contribution in [-0.2, 0) is 12.8 Å². The molecule has 0 saturated heterocycles. The van der Waals surface area contributed by atoms with Crippen molar-refractivity contribution in [1.82, 2.24) is 15.3 Å². The number of nitrogens with zero attached hydrogens (tertiary/aromatic N) is 2. The SMILES string of the molecule is C=C(c1cc(CCCNCCC)ncn1)c1cc(CC2(C)CC2)c(F)cc1NC.CC. The molecule has 2 N–H and O–H groups in total. The van der Waals surface area contributed by atoms with E-state index in [2.05, 4.69) is 41.0 Å². The molecule has 31 heavy (non-hydrogen) atoms. The maximum Gasteiger partial charge on any atom is 0.128 e. The zero-order chi connectivity index (χ0) is 22.9. The van der Waals surface area contributed by atoms with E-state index < -0.39 is 0 Å². The number of anilines is 1. The van der Waals surface area contributed by atoms with Crippen LogP contribution in [0.5, 0.6) is 0 Å². The summed E-state index contributed by atoms with van der Waals surface area (Å²) in [7, 11) is 1.81. The van der Waals surface area contributed by atoms with Crippen LogP contribution in [0.1, 0.15) is 75.9 Å². The quantitative estimate of drug-likeness (QED) is 0.431. The molecule has 1 heterocycles. The van der Waals surface area contributed by atoms with Crippen LogP contribution in [0.3, 0.4) is 0 Å². The highest BCUT2D eigenvalue weighted by Crippen LogP contribution is 2.48. The van der Waals surface area contributed by atoms with Gasteiger partial charge in [-0.1, -0.05) is 34.3 Å². The third kappa shape index (κ3) is 7.13. The molecule has 0 spiro atoms. The van der Waals surface area contributed by atoms with Crippen LogP contribution in [0.2, 0.25) is 0 Å². The van der Waals surface area contributed by atoms with Gasteiger partial charge in [0.1, 0.15) is 12.1 Å². The monoisotopic (exact) mass is 426 g/mol. The van der Waals surface area contributed by atoms with Crippen molar-refractivity contribution >= 4 is 11.3 Å². The summed E-state index contributed by atoms with van der Waals surface area (Å²) in [6.45, 7) is 14.7. The normalized spacial score (nSPS) is 13.9. The number of aryl methyl sites for hydroxylation is 1. The molecule has 0 bridgehead atoms. The first-order valence-corrected chi connectivity index (χ1v) is 11.7. The summed E-state index contributed by atoms with van der Waals surface area (Å²) in [5.74, 6) is -0.151. The summed E-state index contributed by atoms with van der Waals surface area (Å²) in [5, 5.41) is 6.52. The number of rotatable bonds is 11. The van der Waals surface area contributed by atoms with E-state index in [1.807, 2.05) is 33.0 Å². The fourth-order valence-electron chi connectivity index (χ4n) is 3.59. The molecule has 4 nitrogen and oxygen atoms in total. The average molecular weight is 427 g/mol. The molecule has 5 heteroatoms. The van der Waals surface area contributed by atoms with Gasteiger partial charge >= 0.3 is 0 Å². The van der Waals surface area contributed by atoms with E-state index in [0.29, 0.717) is 0 Å². The second-order valence-electron chi connectivity index (χ2n) is 8.45. The Morgan fingerprint density at radius 1 is 1.16 bits per heavy atom. The largest absolute Gasteiger partial charge is 0.388 e. The standard InChI is InChI=1S/C24H33FN4.C2H6/c1-5-10-27-11-6-7-19-13-22(29-16-28-19)17(2)20-12-18(15-24(3)8-9-24)21(25)14-23(20)26-4;1-2/h12-14,16,26-27H,2,5-11,15H2,1,3-4H3;1-2H3. The second kappa shape index (κ2) is 11.9. The molecule has 1 saturated carbocycles. The van der Waals surface area contributed by atoms with Crippen molar-refractivity contribution in [2.24, 2.45) is 5.41 Å². The van der Waals surface area contributed by atoms with Crippen molar-refractivity contribution in [1.29, 1.82) is 0 Å². The van der Waals surface area contributed by atoms with Crippen molar-refractivity contribution in [2.45, 2.75) is 66.2 Å². The molecule has 1 aromatic carbocycles. The van der Waals surface area contributed by atoms with Crippen LogP contribution in [0, 0.1) is 11.2 Å². The smallest absolute Gasteiger partial charge is 0.128 e. The highest BCUT2D eigenvalue weighted by Gasteiger charge is 2.38. The molecule has 1 aromatic heterocycles. The Bertz CT molecular complexity index is 858. The lowest BCUT2D eigenvalue weighted by molar-refractivity contribution is 0.534. The highest BCUT2D eigenvalue weighted by atomic mass is 19.1. The van der Waals surface area contributed by atoms with Crippen LogP contribution in [0.15, 0.2) is 31.1 Å². The van der Waals surface area contributed by atoms with E-state index in [-0.39, 0.29) is 11.2 Å². The summed E-state index contributed by atoms with van der Waals surface area (Å²) in [5.41, 5.74) is 5.25. The van der Waals surface area contributed by atoms with Gasteiger partial charge in [-0.25, -0.2) is 14.4 Å². The van der Waals surface area contributed by atoms with Gasteiger partial charge in [-0.2, -0.15) is 0 Å². The summed E-state index contributed by atoms with van der Waals surface area (Å²) in [6, 6.07) is 5.54. The predicted octanol–water partition coefficient (Wildman–Crippen LogP) is 6.02. The molecule has 2 aromatic rings. The Morgan fingerprint density at radius 3 is 2.55 bits per heavy atom. The number of aromatic nitrogens is 2. The molecular weight excluding hydrogens is 387 g/mol. The van der Waals surface area contributed by atoms with Gasteiger partial charge in [0.25, 0.3) is 0 Å². The van der Waals surface area contributed by atoms with Crippen LogP contribution >= 0.6 is 0 Å². The zero-order valence-electron chi connectivity index (χ0n) is 19.9. The fraction of sp³-hybridized carbons (Fsp3) is 0.538. The van der Waals surface area contributed by atoms with Crippen molar-refractivity contribution < 1.29 is 4.39 Å². The molecule has 0 aliphatic heterocycles. The van der Waals surface area contributed by atoms with E-state index in [1.54, 1.807) is 12.4 Å². The Hall–Kier alpha value is -2.27. The maximum atomic E-state index is 14.6. The Balaban J connectivity index is 0.00000166. The van der Waals surface area contributed by atoms with E-state index in [1.165, 1.54) is 12.8 Å². The first kappa shape index (κ1) is 25.0. The summed E-state index contributed by atoms with van der Waals surface area (Å²) < 4.78 is 14.6. The molecule has 0 atom stereocenters. The minimum Gasteiger partial charge on any atom is -0.388 e. The van der Waals surface area contributed by atoms with Gasteiger partial charge in [0, 0.05) is 29.6 Å². The molecule has 1 aliphatic carbocycles. The van der Waals surface area contributed by atoms with Gasteiger partial charge in [0.05, 0.1) is 5.69 Å². The van der Waals surface area contributed by atoms with Crippen LogP contribution < -0.4 is 10.6 Å². The summed E-state index contributed by atoms with van der Waals surface area (Å²) in [4.78, 5) is 8.85. The van der Waals surface area contributed by atoms with Crippen molar-refractivity contribution in [3.8, 4) is 0 Å². The number of nitrogens with one attached hydrogen (secondary N) is 2. The van der Waals surface area contributed by atoms with Crippen LogP contribution in [-0.4, -0.2) is 30.1 Å². The minimum atomic E-state index is -0.151. The predicted molar refractivity (Wildman–Crippen MR) is 130 cm³/mol. The lowest BCUT2D eigenvalue weighted by atomic mass is 9.93. The lowest BCUT2D eigenvalue weighted by Crippen LogP contribution is -2.16. The van der Waals surface area contributed by atoms with Gasteiger partial charge in [-0.15, -0.1) is 0 Å². The van der Waals surface area contributed by atoms with Crippen LogP contribution in [0.25, 0.3) is 5.57 Å². The van der Waals surface area contributed by atoms with Gasteiger partial charge in [0.2, 0.25) is 0 Å². The Morgan fingerprint density at radius 2 is 1.90 bits per heavy atom.